The van der Waals surface area contributed by atoms with Crippen molar-refractivity contribution < 1.29 is 5.11 Å². The van der Waals surface area contributed by atoms with E-state index < -0.39 is 6.10 Å². The van der Waals surface area contributed by atoms with Crippen molar-refractivity contribution in [3.8, 4) is 11.8 Å². The van der Waals surface area contributed by atoms with Gasteiger partial charge in [0, 0.05) is 5.41 Å². The molecule has 0 fully saturated rings. The molecule has 0 aromatic rings. The van der Waals surface area contributed by atoms with E-state index in [2.05, 4.69) is 25.0 Å². The predicted octanol–water partition coefficient (Wildman–Crippen LogP) is 2.53. The van der Waals surface area contributed by atoms with Crippen molar-refractivity contribution in [1.29, 1.82) is 0 Å². The van der Waals surface area contributed by atoms with Crippen LogP contribution in [0.5, 0.6) is 0 Å². The van der Waals surface area contributed by atoms with E-state index in [0.717, 1.165) is 12.0 Å². The van der Waals surface area contributed by atoms with Crippen molar-refractivity contribution in [2.45, 2.75) is 33.3 Å². The minimum atomic E-state index is -0.623. The lowest BCUT2D eigenvalue weighted by molar-refractivity contribution is 0.101. The van der Waals surface area contributed by atoms with Gasteiger partial charge in [0.15, 0.2) is 0 Å². The average molecular weight is 178 g/mol. The highest BCUT2D eigenvalue weighted by atomic mass is 16.3. The van der Waals surface area contributed by atoms with Gasteiger partial charge in [0.2, 0.25) is 0 Å². The molecule has 1 nitrogen and oxygen atoms in total. The molecule has 0 saturated carbocycles. The molecule has 0 aromatic carbocycles. The number of allylic oxidation sites excluding steroid dienone is 2. The Morgan fingerprint density at radius 3 is 2.54 bits per heavy atom. The van der Waals surface area contributed by atoms with Crippen molar-refractivity contribution in [3.63, 3.8) is 0 Å². The molecule has 0 aliphatic rings. The summed E-state index contributed by atoms with van der Waals surface area (Å²) in [5.41, 5.74) is 0.540. The number of aliphatic hydroxyl groups excluding tert-OH is 1. The first-order valence-corrected chi connectivity index (χ1v) is 4.36. The fourth-order valence-electron chi connectivity index (χ4n) is 0.871. The molecule has 0 rings (SSSR count). The van der Waals surface area contributed by atoms with Crippen LogP contribution >= 0.6 is 0 Å². The van der Waals surface area contributed by atoms with E-state index in [-0.39, 0.29) is 5.41 Å². The first-order valence-electron chi connectivity index (χ1n) is 4.36. The van der Waals surface area contributed by atoms with Crippen LogP contribution in [0.1, 0.15) is 27.2 Å². The van der Waals surface area contributed by atoms with E-state index >= 15 is 0 Å². The third-order valence-electron chi connectivity index (χ3n) is 1.83. The van der Waals surface area contributed by atoms with Gasteiger partial charge in [-0.25, -0.2) is 0 Å². The van der Waals surface area contributed by atoms with Crippen LogP contribution in [-0.4, -0.2) is 11.2 Å². The van der Waals surface area contributed by atoms with E-state index in [0.29, 0.717) is 0 Å². The molecule has 0 radical (unpaired) electrons. The van der Waals surface area contributed by atoms with Crippen molar-refractivity contribution in [2.75, 3.05) is 0 Å². The van der Waals surface area contributed by atoms with Crippen LogP contribution < -0.4 is 0 Å². The minimum Gasteiger partial charge on any atom is -0.380 e. The lowest BCUT2D eigenvalue weighted by atomic mass is 9.83. The molecule has 0 amide bonds. The Labute approximate surface area is 81.2 Å². The Morgan fingerprint density at radius 1 is 1.62 bits per heavy atom. The second-order valence-corrected chi connectivity index (χ2v) is 3.93. The molecule has 0 aliphatic carbocycles. The molecular formula is C12H18O. The van der Waals surface area contributed by atoms with Gasteiger partial charge >= 0.3 is 0 Å². The van der Waals surface area contributed by atoms with Crippen LogP contribution in [0.25, 0.3) is 0 Å². The van der Waals surface area contributed by atoms with Gasteiger partial charge in [0.25, 0.3) is 0 Å². The maximum Gasteiger partial charge on any atom is 0.120 e. The Hall–Kier alpha value is -1.00. The Bertz CT molecular complexity index is 250. The van der Waals surface area contributed by atoms with Gasteiger partial charge in [-0.1, -0.05) is 38.3 Å². The first kappa shape index (κ1) is 12.0. The summed E-state index contributed by atoms with van der Waals surface area (Å²) < 4.78 is 0. The number of hydrogen-bond acceptors (Lipinski definition) is 1. The number of rotatable bonds is 3. The van der Waals surface area contributed by atoms with Gasteiger partial charge in [0.05, 0.1) is 0 Å². The molecule has 1 N–H and O–H groups in total. The molecule has 0 unspecified atom stereocenters. The van der Waals surface area contributed by atoms with Crippen LogP contribution in [0, 0.1) is 17.3 Å². The molecule has 0 heterocycles. The third kappa shape index (κ3) is 4.55. The summed E-state index contributed by atoms with van der Waals surface area (Å²) in [4.78, 5) is 0. The smallest absolute Gasteiger partial charge is 0.120 e. The van der Waals surface area contributed by atoms with Gasteiger partial charge in [-0.05, 0) is 18.9 Å². The number of aliphatic hydroxyl groups is 1. The van der Waals surface area contributed by atoms with Crippen LogP contribution in [-0.2, 0) is 0 Å². The van der Waals surface area contributed by atoms with E-state index in [9.17, 15) is 5.11 Å². The lowest BCUT2D eigenvalue weighted by Gasteiger charge is -2.25. The first-order chi connectivity index (χ1) is 5.90. The maximum absolute atomic E-state index is 9.69. The zero-order valence-corrected chi connectivity index (χ0v) is 8.72. The zero-order chi connectivity index (χ0) is 10.5. The molecular weight excluding hydrogens is 160 g/mol. The highest BCUT2D eigenvalue weighted by molar-refractivity contribution is 5.25. The summed E-state index contributed by atoms with van der Waals surface area (Å²) in [5, 5.41) is 9.69. The SMILES string of the molecule is C=CCC(C)(C)[C@H](O)C#CC(=C)C. The molecule has 0 spiro atoms. The summed E-state index contributed by atoms with van der Waals surface area (Å²) in [5.74, 6) is 5.55. The number of hydrogen-bond donors (Lipinski definition) is 1. The topological polar surface area (TPSA) is 20.2 Å². The normalized spacial score (nSPS) is 12.6. The Balaban J connectivity index is 4.42. The zero-order valence-electron chi connectivity index (χ0n) is 8.72. The second kappa shape index (κ2) is 4.89. The molecule has 0 saturated heterocycles. The Morgan fingerprint density at radius 2 is 2.15 bits per heavy atom. The van der Waals surface area contributed by atoms with Crippen LogP contribution in [0.3, 0.4) is 0 Å². The lowest BCUT2D eigenvalue weighted by Crippen LogP contribution is -2.27. The van der Waals surface area contributed by atoms with Gasteiger partial charge < -0.3 is 5.11 Å². The molecule has 0 aliphatic heterocycles. The van der Waals surface area contributed by atoms with Gasteiger partial charge in [-0.2, -0.15) is 0 Å². The van der Waals surface area contributed by atoms with Crippen molar-refractivity contribution in [3.05, 3.63) is 24.8 Å². The standard InChI is InChI=1S/C12H18O/c1-6-9-12(4,5)11(13)8-7-10(2)3/h6,11,13H,1-2,9H2,3-5H3/t11-/m1/s1. The summed E-state index contributed by atoms with van der Waals surface area (Å²) in [6.45, 7) is 13.0. The van der Waals surface area contributed by atoms with Crippen LogP contribution in [0.4, 0.5) is 0 Å². The van der Waals surface area contributed by atoms with E-state index in [1.54, 1.807) is 6.08 Å². The summed E-state index contributed by atoms with van der Waals surface area (Å²) in [7, 11) is 0. The maximum atomic E-state index is 9.69. The van der Waals surface area contributed by atoms with Gasteiger partial charge in [-0.3, -0.25) is 0 Å². The molecule has 72 valence electrons. The fraction of sp³-hybridized carbons (Fsp3) is 0.500. The quantitative estimate of drug-likeness (QED) is 0.520. The van der Waals surface area contributed by atoms with Gasteiger partial charge in [0.1, 0.15) is 6.10 Å². The van der Waals surface area contributed by atoms with E-state index in [4.69, 9.17) is 0 Å². The average Bonchev–Trinajstić information content (AvgIpc) is 1.99. The molecule has 0 aromatic heterocycles. The van der Waals surface area contributed by atoms with Crippen molar-refractivity contribution in [2.24, 2.45) is 5.41 Å². The monoisotopic (exact) mass is 178 g/mol. The summed E-state index contributed by atoms with van der Waals surface area (Å²) in [6.07, 6.45) is 1.92. The van der Waals surface area contributed by atoms with Crippen LogP contribution in [0.15, 0.2) is 24.8 Å². The fourth-order valence-corrected chi connectivity index (χ4v) is 0.871. The molecule has 1 atom stereocenters. The molecule has 1 heteroatoms. The largest absolute Gasteiger partial charge is 0.380 e. The third-order valence-corrected chi connectivity index (χ3v) is 1.83. The van der Waals surface area contributed by atoms with Crippen LogP contribution in [0.2, 0.25) is 0 Å². The highest BCUT2D eigenvalue weighted by Crippen LogP contribution is 2.25. The highest BCUT2D eigenvalue weighted by Gasteiger charge is 2.24. The summed E-state index contributed by atoms with van der Waals surface area (Å²) >= 11 is 0. The van der Waals surface area contributed by atoms with Crippen molar-refractivity contribution in [1.82, 2.24) is 0 Å². The van der Waals surface area contributed by atoms with Crippen molar-refractivity contribution >= 4 is 0 Å². The molecule has 0 bridgehead atoms. The van der Waals surface area contributed by atoms with Gasteiger partial charge in [-0.15, -0.1) is 6.58 Å². The Kier molecular flexibility index (Phi) is 4.51. The minimum absolute atomic E-state index is 0.232. The predicted molar refractivity (Wildman–Crippen MR) is 57.2 cm³/mol. The summed E-state index contributed by atoms with van der Waals surface area (Å²) in [6, 6.07) is 0. The molecule has 13 heavy (non-hydrogen) atoms. The second-order valence-electron chi connectivity index (χ2n) is 3.93. The van der Waals surface area contributed by atoms with E-state index in [1.807, 2.05) is 20.8 Å². The van der Waals surface area contributed by atoms with E-state index in [1.165, 1.54) is 0 Å².